The number of anilines is 2. The number of thioether (sulfide) groups is 1. The lowest BCUT2D eigenvalue weighted by Crippen LogP contribution is -2.34. The summed E-state index contributed by atoms with van der Waals surface area (Å²) >= 11 is 7.15. The summed E-state index contributed by atoms with van der Waals surface area (Å²) in [6.07, 6.45) is 2.23. The molecule has 0 unspecified atom stereocenters. The fourth-order valence-electron chi connectivity index (χ4n) is 3.27. The number of benzene rings is 1. The van der Waals surface area contributed by atoms with Crippen LogP contribution in [0.2, 0.25) is 0 Å². The first-order valence-corrected chi connectivity index (χ1v) is 10.6. The van der Waals surface area contributed by atoms with E-state index in [4.69, 9.17) is 21.4 Å². The van der Waals surface area contributed by atoms with Gasteiger partial charge in [0, 0.05) is 30.2 Å². The number of nitrogens with one attached hydrogen (secondary N) is 1. The molecule has 2 saturated heterocycles. The molecule has 148 valence electrons. The average molecular weight is 422 g/mol. The topological polar surface area (TPSA) is 58.0 Å². The molecule has 0 bridgehead atoms. The van der Waals surface area contributed by atoms with Crippen LogP contribution in [0.3, 0.4) is 0 Å². The van der Waals surface area contributed by atoms with E-state index in [-0.39, 0.29) is 11.9 Å². The van der Waals surface area contributed by atoms with Crippen molar-refractivity contribution >= 4 is 46.4 Å². The SMILES string of the molecule is O=C1O[C@@H](CNC(=S)c2ccoc2)CN1c1ccc(N2CCSCC2)c(F)c1. The molecular weight excluding hydrogens is 401 g/mol. The van der Waals surface area contributed by atoms with Gasteiger partial charge in [-0.25, -0.2) is 9.18 Å². The Morgan fingerprint density at radius 1 is 1.32 bits per heavy atom. The highest BCUT2D eigenvalue weighted by molar-refractivity contribution is 7.99. The Balaban J connectivity index is 1.38. The third kappa shape index (κ3) is 4.10. The highest BCUT2D eigenvalue weighted by Crippen LogP contribution is 2.29. The number of ether oxygens (including phenoxy) is 1. The molecule has 2 aliphatic rings. The molecule has 2 aliphatic heterocycles. The van der Waals surface area contributed by atoms with Gasteiger partial charge in [-0.05, 0) is 24.3 Å². The van der Waals surface area contributed by atoms with Gasteiger partial charge in [0.1, 0.15) is 23.2 Å². The van der Waals surface area contributed by atoms with Crippen LogP contribution in [-0.2, 0) is 4.74 Å². The van der Waals surface area contributed by atoms with Gasteiger partial charge in [-0.15, -0.1) is 0 Å². The first-order chi connectivity index (χ1) is 13.6. The minimum absolute atomic E-state index is 0.320. The van der Waals surface area contributed by atoms with Crippen LogP contribution in [0, 0.1) is 5.82 Å². The number of rotatable bonds is 5. The van der Waals surface area contributed by atoms with E-state index in [0.29, 0.717) is 29.5 Å². The standard InChI is InChI=1S/C19H20FN3O3S2/c20-16-9-14(1-2-17(16)22-4-7-28-8-5-22)23-11-15(26-19(23)24)10-21-18(27)13-3-6-25-12-13/h1-3,6,9,12,15H,4-5,7-8,10-11H2,(H,21,27)/t15-/m0/s1. The zero-order valence-electron chi connectivity index (χ0n) is 15.1. The highest BCUT2D eigenvalue weighted by Gasteiger charge is 2.33. The summed E-state index contributed by atoms with van der Waals surface area (Å²) in [6.45, 7) is 2.37. The Bertz CT molecular complexity index is 856. The number of hydrogen-bond donors (Lipinski definition) is 1. The molecular formula is C19H20FN3O3S2. The van der Waals surface area contributed by atoms with Crippen molar-refractivity contribution in [2.24, 2.45) is 0 Å². The fraction of sp³-hybridized carbons (Fsp3) is 0.368. The molecule has 0 saturated carbocycles. The number of carbonyl (C=O) groups excluding carboxylic acids is 1. The molecule has 6 nitrogen and oxygen atoms in total. The summed E-state index contributed by atoms with van der Waals surface area (Å²) < 4.78 is 25.0. The van der Waals surface area contributed by atoms with E-state index in [9.17, 15) is 9.18 Å². The summed E-state index contributed by atoms with van der Waals surface area (Å²) in [5.41, 5.74) is 1.85. The van der Waals surface area contributed by atoms with Crippen molar-refractivity contribution in [3.05, 3.63) is 48.2 Å². The van der Waals surface area contributed by atoms with E-state index in [1.165, 1.54) is 11.0 Å². The smallest absolute Gasteiger partial charge is 0.414 e. The minimum atomic E-state index is -0.484. The molecule has 1 atom stereocenters. The molecule has 2 fully saturated rings. The molecule has 0 spiro atoms. The lowest BCUT2D eigenvalue weighted by molar-refractivity contribution is 0.143. The number of carbonyl (C=O) groups is 1. The molecule has 1 aromatic heterocycles. The third-order valence-electron chi connectivity index (χ3n) is 4.74. The number of thiocarbonyl (C=S) groups is 1. The number of amides is 1. The van der Waals surface area contributed by atoms with Crippen molar-refractivity contribution in [1.82, 2.24) is 5.32 Å². The van der Waals surface area contributed by atoms with Crippen molar-refractivity contribution in [3.63, 3.8) is 0 Å². The van der Waals surface area contributed by atoms with Gasteiger partial charge in [-0.1, -0.05) is 12.2 Å². The van der Waals surface area contributed by atoms with Gasteiger partial charge in [0.25, 0.3) is 0 Å². The predicted molar refractivity (Wildman–Crippen MR) is 112 cm³/mol. The number of cyclic esters (lactones) is 1. The average Bonchev–Trinajstić information content (AvgIpc) is 3.37. The van der Waals surface area contributed by atoms with Crippen LogP contribution in [0.5, 0.6) is 0 Å². The normalized spacial score (nSPS) is 19.6. The van der Waals surface area contributed by atoms with Gasteiger partial charge in [0.05, 0.1) is 30.7 Å². The molecule has 1 amide bonds. The minimum Gasteiger partial charge on any atom is -0.472 e. The van der Waals surface area contributed by atoms with Crippen LogP contribution in [0.25, 0.3) is 0 Å². The van der Waals surface area contributed by atoms with Crippen LogP contribution in [0.15, 0.2) is 41.2 Å². The number of hydrogen-bond acceptors (Lipinski definition) is 6. The van der Waals surface area contributed by atoms with Crippen molar-refractivity contribution in [2.75, 3.05) is 47.5 Å². The molecule has 0 radical (unpaired) electrons. The highest BCUT2D eigenvalue weighted by atomic mass is 32.2. The quantitative estimate of drug-likeness (QED) is 0.744. The Morgan fingerprint density at radius 3 is 2.86 bits per heavy atom. The maximum Gasteiger partial charge on any atom is 0.414 e. The molecule has 1 N–H and O–H groups in total. The van der Waals surface area contributed by atoms with Gasteiger partial charge in [0.2, 0.25) is 0 Å². The van der Waals surface area contributed by atoms with Crippen LogP contribution in [-0.4, -0.2) is 54.9 Å². The van der Waals surface area contributed by atoms with Crippen molar-refractivity contribution in [3.8, 4) is 0 Å². The summed E-state index contributed by atoms with van der Waals surface area (Å²) in [6, 6.07) is 6.68. The third-order valence-corrected chi connectivity index (χ3v) is 6.06. The largest absolute Gasteiger partial charge is 0.472 e. The van der Waals surface area contributed by atoms with Crippen LogP contribution < -0.4 is 15.1 Å². The predicted octanol–water partition coefficient (Wildman–Crippen LogP) is 3.26. The molecule has 4 rings (SSSR count). The second-order valence-electron chi connectivity index (χ2n) is 6.57. The maximum atomic E-state index is 14.7. The van der Waals surface area contributed by atoms with Gasteiger partial charge in [-0.3, -0.25) is 4.90 Å². The van der Waals surface area contributed by atoms with Gasteiger partial charge >= 0.3 is 6.09 Å². The van der Waals surface area contributed by atoms with Gasteiger partial charge in [-0.2, -0.15) is 11.8 Å². The fourth-order valence-corrected chi connectivity index (χ4v) is 4.37. The Hall–Kier alpha value is -2.26. The summed E-state index contributed by atoms with van der Waals surface area (Å²) in [5, 5.41) is 3.07. The number of nitrogens with zero attached hydrogens (tertiary/aromatic N) is 2. The van der Waals surface area contributed by atoms with Crippen LogP contribution in [0.4, 0.5) is 20.6 Å². The Kier molecular flexibility index (Phi) is 5.72. The first-order valence-electron chi connectivity index (χ1n) is 9.02. The monoisotopic (exact) mass is 421 g/mol. The molecule has 2 aromatic rings. The second kappa shape index (κ2) is 8.40. The lowest BCUT2D eigenvalue weighted by atomic mass is 10.2. The van der Waals surface area contributed by atoms with E-state index < -0.39 is 6.09 Å². The summed E-state index contributed by atoms with van der Waals surface area (Å²) in [7, 11) is 0. The van der Waals surface area contributed by atoms with E-state index in [2.05, 4.69) is 5.32 Å². The zero-order valence-corrected chi connectivity index (χ0v) is 16.7. The molecule has 0 aliphatic carbocycles. The molecule has 9 heteroatoms. The van der Waals surface area contributed by atoms with E-state index in [0.717, 1.165) is 30.2 Å². The number of furan rings is 1. The van der Waals surface area contributed by atoms with Crippen LogP contribution >= 0.6 is 24.0 Å². The van der Waals surface area contributed by atoms with Gasteiger partial charge < -0.3 is 19.4 Å². The van der Waals surface area contributed by atoms with Crippen molar-refractivity contribution < 1.29 is 18.3 Å². The molecule has 1 aromatic carbocycles. The Morgan fingerprint density at radius 2 is 2.14 bits per heavy atom. The first kappa shape index (κ1) is 19.1. The Labute approximate surface area is 172 Å². The maximum absolute atomic E-state index is 14.7. The summed E-state index contributed by atoms with van der Waals surface area (Å²) in [5.74, 6) is 1.67. The number of halogens is 1. The van der Waals surface area contributed by atoms with E-state index in [1.807, 2.05) is 16.7 Å². The molecule has 28 heavy (non-hydrogen) atoms. The second-order valence-corrected chi connectivity index (χ2v) is 8.21. The van der Waals surface area contributed by atoms with E-state index >= 15 is 0 Å². The zero-order chi connectivity index (χ0) is 19.5. The van der Waals surface area contributed by atoms with Crippen molar-refractivity contribution in [1.29, 1.82) is 0 Å². The van der Waals surface area contributed by atoms with Crippen molar-refractivity contribution in [2.45, 2.75) is 6.10 Å². The van der Waals surface area contributed by atoms with E-state index in [1.54, 1.807) is 30.7 Å². The van der Waals surface area contributed by atoms with Crippen LogP contribution in [0.1, 0.15) is 5.56 Å². The summed E-state index contributed by atoms with van der Waals surface area (Å²) in [4.78, 5) is 16.3. The lowest BCUT2D eigenvalue weighted by Gasteiger charge is -2.29. The molecule has 3 heterocycles. The van der Waals surface area contributed by atoms with Gasteiger partial charge in [0.15, 0.2) is 0 Å².